The molecule has 1 unspecified atom stereocenters. The number of carbonyl (C=O) groups excluding carboxylic acids is 1. The largest absolute Gasteiger partial charge is 0.346 e. The third-order valence-corrected chi connectivity index (χ3v) is 2.74. The first kappa shape index (κ1) is 14.4. The molecule has 0 spiro atoms. The zero-order valence-corrected chi connectivity index (χ0v) is 10.5. The number of hydrogen-bond acceptors (Lipinski definition) is 2. The monoisotopic (exact) mass is 214 g/mol. The molecule has 0 aromatic heterocycles. The normalized spacial score (nSPS) is 12.5. The molecule has 1 atom stereocenters. The summed E-state index contributed by atoms with van der Waals surface area (Å²) in [6.07, 6.45) is 5.37. The Balaban J connectivity index is 3.75. The van der Waals surface area contributed by atoms with Gasteiger partial charge in [-0.05, 0) is 25.8 Å². The molecule has 3 nitrogen and oxygen atoms in total. The van der Waals surface area contributed by atoms with Crippen LogP contribution in [-0.2, 0) is 4.79 Å². The molecule has 0 saturated carbocycles. The summed E-state index contributed by atoms with van der Waals surface area (Å²) in [6.45, 7) is 5.73. The summed E-state index contributed by atoms with van der Waals surface area (Å²) in [5, 5.41) is 0. The van der Waals surface area contributed by atoms with Crippen LogP contribution in [0.2, 0.25) is 0 Å². The highest BCUT2D eigenvalue weighted by atomic mass is 16.2. The van der Waals surface area contributed by atoms with E-state index in [2.05, 4.69) is 6.92 Å². The Morgan fingerprint density at radius 3 is 2.53 bits per heavy atom. The molecule has 0 bridgehead atoms. The quantitative estimate of drug-likeness (QED) is 0.628. The van der Waals surface area contributed by atoms with E-state index in [4.69, 9.17) is 5.73 Å². The summed E-state index contributed by atoms with van der Waals surface area (Å²) in [7, 11) is 1.90. The van der Waals surface area contributed by atoms with Gasteiger partial charge in [0.1, 0.15) is 0 Å². The van der Waals surface area contributed by atoms with Crippen LogP contribution in [0.5, 0.6) is 0 Å². The van der Waals surface area contributed by atoms with Gasteiger partial charge < -0.3 is 10.6 Å². The number of amides is 1. The van der Waals surface area contributed by atoms with Gasteiger partial charge in [0.25, 0.3) is 0 Å². The van der Waals surface area contributed by atoms with Crippen LogP contribution >= 0.6 is 0 Å². The molecule has 2 N–H and O–H groups in total. The fraction of sp³-hybridized carbons (Fsp3) is 0.917. The lowest BCUT2D eigenvalue weighted by Gasteiger charge is -2.21. The summed E-state index contributed by atoms with van der Waals surface area (Å²) in [5.41, 5.74) is 5.43. The van der Waals surface area contributed by atoms with Crippen molar-refractivity contribution in [2.75, 3.05) is 20.1 Å². The fourth-order valence-corrected chi connectivity index (χ4v) is 1.63. The average Bonchev–Trinajstić information content (AvgIpc) is 2.24. The lowest BCUT2D eigenvalue weighted by atomic mass is 10.0. The second-order valence-electron chi connectivity index (χ2n) is 4.30. The summed E-state index contributed by atoms with van der Waals surface area (Å²) < 4.78 is 0. The minimum Gasteiger partial charge on any atom is -0.346 e. The van der Waals surface area contributed by atoms with E-state index < -0.39 is 0 Å². The van der Waals surface area contributed by atoms with Gasteiger partial charge >= 0.3 is 0 Å². The van der Waals surface area contributed by atoms with Crippen molar-refractivity contribution in [2.45, 2.75) is 46.0 Å². The topological polar surface area (TPSA) is 46.3 Å². The lowest BCUT2D eigenvalue weighted by Crippen LogP contribution is -2.32. The predicted molar refractivity (Wildman–Crippen MR) is 64.6 cm³/mol. The summed E-state index contributed by atoms with van der Waals surface area (Å²) in [4.78, 5) is 13.7. The van der Waals surface area contributed by atoms with Crippen molar-refractivity contribution in [3.63, 3.8) is 0 Å². The first-order chi connectivity index (χ1) is 7.13. The zero-order chi connectivity index (χ0) is 11.7. The van der Waals surface area contributed by atoms with E-state index in [1.165, 1.54) is 12.8 Å². The Morgan fingerprint density at radius 1 is 1.33 bits per heavy atom. The van der Waals surface area contributed by atoms with Crippen molar-refractivity contribution in [1.29, 1.82) is 0 Å². The predicted octanol–water partition coefficient (Wildman–Crippen LogP) is 2.01. The Morgan fingerprint density at radius 2 is 2.00 bits per heavy atom. The lowest BCUT2D eigenvalue weighted by molar-refractivity contribution is -0.133. The highest BCUT2D eigenvalue weighted by Gasteiger charge is 2.15. The van der Waals surface area contributed by atoms with E-state index in [-0.39, 0.29) is 11.8 Å². The maximum Gasteiger partial charge on any atom is 0.225 e. The van der Waals surface area contributed by atoms with Gasteiger partial charge in [-0.25, -0.2) is 0 Å². The van der Waals surface area contributed by atoms with E-state index in [9.17, 15) is 4.79 Å². The second-order valence-corrected chi connectivity index (χ2v) is 4.30. The molecule has 3 heteroatoms. The Labute approximate surface area is 94.0 Å². The minimum atomic E-state index is 0.125. The first-order valence-corrected chi connectivity index (χ1v) is 6.08. The molecule has 0 aliphatic heterocycles. The molecule has 0 radical (unpaired) electrons. The van der Waals surface area contributed by atoms with Crippen molar-refractivity contribution >= 4 is 5.91 Å². The molecule has 0 heterocycles. The van der Waals surface area contributed by atoms with Gasteiger partial charge in [-0.3, -0.25) is 4.79 Å². The Hall–Kier alpha value is -0.570. The fourth-order valence-electron chi connectivity index (χ4n) is 1.63. The molecular formula is C12H26N2O. The van der Waals surface area contributed by atoms with Crippen LogP contribution in [0.3, 0.4) is 0 Å². The average molecular weight is 214 g/mol. The number of rotatable bonds is 8. The molecule has 0 rings (SSSR count). The first-order valence-electron chi connectivity index (χ1n) is 6.08. The maximum atomic E-state index is 11.8. The molecule has 0 aromatic carbocycles. The van der Waals surface area contributed by atoms with Gasteiger partial charge in [0, 0.05) is 19.5 Å². The molecule has 90 valence electrons. The van der Waals surface area contributed by atoms with Crippen LogP contribution < -0.4 is 5.73 Å². The van der Waals surface area contributed by atoms with Gasteiger partial charge in [-0.15, -0.1) is 0 Å². The van der Waals surface area contributed by atoms with Crippen molar-refractivity contribution < 1.29 is 4.79 Å². The number of nitrogens with two attached hydrogens (primary N) is 1. The van der Waals surface area contributed by atoms with Crippen molar-refractivity contribution in [3.8, 4) is 0 Å². The minimum absolute atomic E-state index is 0.125. The summed E-state index contributed by atoms with van der Waals surface area (Å²) >= 11 is 0. The van der Waals surface area contributed by atoms with E-state index in [0.29, 0.717) is 6.54 Å². The molecule has 0 saturated heterocycles. The molecule has 0 fully saturated rings. The van der Waals surface area contributed by atoms with Crippen LogP contribution in [0.15, 0.2) is 0 Å². The zero-order valence-electron chi connectivity index (χ0n) is 10.5. The molecular weight excluding hydrogens is 188 g/mol. The number of hydrogen-bond donors (Lipinski definition) is 1. The third kappa shape index (κ3) is 6.50. The van der Waals surface area contributed by atoms with Crippen LogP contribution in [0.25, 0.3) is 0 Å². The summed E-state index contributed by atoms with van der Waals surface area (Å²) in [6, 6.07) is 0. The van der Waals surface area contributed by atoms with Gasteiger partial charge in [0.15, 0.2) is 0 Å². The Bertz CT molecular complexity index is 171. The smallest absolute Gasteiger partial charge is 0.225 e. The molecule has 1 amide bonds. The van der Waals surface area contributed by atoms with Crippen molar-refractivity contribution in [2.24, 2.45) is 11.7 Å². The SMILES string of the molecule is CCCCCN(C)C(=O)C(C)CCCN. The van der Waals surface area contributed by atoms with E-state index in [0.717, 1.165) is 25.8 Å². The second kappa shape index (κ2) is 8.72. The van der Waals surface area contributed by atoms with Gasteiger partial charge in [0.2, 0.25) is 5.91 Å². The van der Waals surface area contributed by atoms with Crippen molar-refractivity contribution in [3.05, 3.63) is 0 Å². The maximum absolute atomic E-state index is 11.8. The number of carbonyl (C=O) groups is 1. The third-order valence-electron chi connectivity index (χ3n) is 2.74. The summed E-state index contributed by atoms with van der Waals surface area (Å²) in [5.74, 6) is 0.389. The van der Waals surface area contributed by atoms with Crippen LogP contribution in [0.1, 0.15) is 46.0 Å². The highest BCUT2D eigenvalue weighted by molar-refractivity contribution is 5.78. The van der Waals surface area contributed by atoms with Crippen LogP contribution in [-0.4, -0.2) is 30.9 Å². The standard InChI is InChI=1S/C12H26N2O/c1-4-5-6-10-14(3)12(15)11(2)8-7-9-13/h11H,4-10,13H2,1-3H3. The Kier molecular flexibility index (Phi) is 8.38. The van der Waals surface area contributed by atoms with Gasteiger partial charge in [0.05, 0.1) is 0 Å². The highest BCUT2D eigenvalue weighted by Crippen LogP contribution is 2.09. The van der Waals surface area contributed by atoms with Gasteiger partial charge in [-0.1, -0.05) is 26.7 Å². The van der Waals surface area contributed by atoms with Gasteiger partial charge in [-0.2, -0.15) is 0 Å². The van der Waals surface area contributed by atoms with E-state index in [1.54, 1.807) is 0 Å². The molecule has 0 aliphatic carbocycles. The van der Waals surface area contributed by atoms with Crippen LogP contribution in [0, 0.1) is 5.92 Å². The molecule has 0 aromatic rings. The molecule has 0 aliphatic rings. The molecule has 15 heavy (non-hydrogen) atoms. The number of nitrogens with zero attached hydrogens (tertiary/aromatic N) is 1. The van der Waals surface area contributed by atoms with Crippen molar-refractivity contribution in [1.82, 2.24) is 4.90 Å². The van der Waals surface area contributed by atoms with Crippen LogP contribution in [0.4, 0.5) is 0 Å². The van der Waals surface area contributed by atoms with E-state index >= 15 is 0 Å². The van der Waals surface area contributed by atoms with E-state index in [1.807, 2.05) is 18.9 Å². The number of unbranched alkanes of at least 4 members (excludes halogenated alkanes) is 2.